The zero-order valence-electron chi connectivity index (χ0n) is 12.2. The number of anilines is 1. The standard InChI is InChI=1S/C16H18Cl2N2O/c1-10(2)21-16-15(5-4-8-19-16)20-11(3)12-6-7-13(17)14(18)9-12/h4-11,20H,1-3H3. The Morgan fingerprint density at radius 3 is 2.52 bits per heavy atom. The number of halogens is 2. The lowest BCUT2D eigenvalue weighted by Crippen LogP contribution is -2.12. The summed E-state index contributed by atoms with van der Waals surface area (Å²) in [5.74, 6) is 0.597. The van der Waals surface area contributed by atoms with Gasteiger partial charge in [0.1, 0.15) is 0 Å². The molecule has 0 spiro atoms. The van der Waals surface area contributed by atoms with Crippen molar-refractivity contribution in [2.24, 2.45) is 0 Å². The molecule has 2 aromatic rings. The minimum Gasteiger partial charge on any atom is -0.473 e. The summed E-state index contributed by atoms with van der Waals surface area (Å²) in [4.78, 5) is 4.27. The summed E-state index contributed by atoms with van der Waals surface area (Å²) in [5, 5.41) is 4.49. The van der Waals surface area contributed by atoms with Gasteiger partial charge in [-0.15, -0.1) is 0 Å². The highest BCUT2D eigenvalue weighted by atomic mass is 35.5. The lowest BCUT2D eigenvalue weighted by atomic mass is 10.1. The van der Waals surface area contributed by atoms with Gasteiger partial charge >= 0.3 is 0 Å². The summed E-state index contributed by atoms with van der Waals surface area (Å²) in [5.41, 5.74) is 1.90. The molecule has 112 valence electrons. The van der Waals surface area contributed by atoms with Crippen LogP contribution in [0.25, 0.3) is 0 Å². The molecule has 2 rings (SSSR count). The van der Waals surface area contributed by atoms with E-state index in [-0.39, 0.29) is 12.1 Å². The molecule has 0 radical (unpaired) electrons. The highest BCUT2D eigenvalue weighted by molar-refractivity contribution is 6.42. The Hall–Kier alpha value is -1.45. The smallest absolute Gasteiger partial charge is 0.237 e. The molecular formula is C16H18Cl2N2O. The monoisotopic (exact) mass is 324 g/mol. The Morgan fingerprint density at radius 2 is 1.86 bits per heavy atom. The zero-order chi connectivity index (χ0) is 15.4. The second-order valence-corrected chi connectivity index (χ2v) is 5.88. The van der Waals surface area contributed by atoms with E-state index in [2.05, 4.69) is 10.3 Å². The molecule has 1 heterocycles. The molecule has 1 aromatic carbocycles. The van der Waals surface area contributed by atoms with Gasteiger partial charge in [-0.25, -0.2) is 4.98 Å². The van der Waals surface area contributed by atoms with Crippen LogP contribution in [-0.2, 0) is 0 Å². The first-order chi connectivity index (χ1) is 9.97. The summed E-state index contributed by atoms with van der Waals surface area (Å²) in [6.45, 7) is 5.99. The van der Waals surface area contributed by atoms with E-state index < -0.39 is 0 Å². The van der Waals surface area contributed by atoms with Crippen molar-refractivity contribution in [3.05, 3.63) is 52.1 Å². The molecule has 0 saturated carbocycles. The Morgan fingerprint density at radius 1 is 1.10 bits per heavy atom. The Balaban J connectivity index is 2.19. The molecule has 0 bridgehead atoms. The van der Waals surface area contributed by atoms with Gasteiger partial charge in [-0.2, -0.15) is 0 Å². The number of aromatic nitrogens is 1. The van der Waals surface area contributed by atoms with Crippen LogP contribution in [-0.4, -0.2) is 11.1 Å². The molecule has 5 heteroatoms. The van der Waals surface area contributed by atoms with Crippen molar-refractivity contribution in [2.45, 2.75) is 32.9 Å². The molecule has 1 aromatic heterocycles. The fraction of sp³-hybridized carbons (Fsp3) is 0.312. The lowest BCUT2D eigenvalue weighted by Gasteiger charge is -2.19. The van der Waals surface area contributed by atoms with Crippen LogP contribution in [0.4, 0.5) is 5.69 Å². The highest BCUT2D eigenvalue weighted by Crippen LogP contribution is 2.30. The van der Waals surface area contributed by atoms with Crippen LogP contribution < -0.4 is 10.1 Å². The number of benzene rings is 1. The van der Waals surface area contributed by atoms with E-state index in [0.29, 0.717) is 15.9 Å². The number of pyridine rings is 1. The number of nitrogens with one attached hydrogen (secondary N) is 1. The van der Waals surface area contributed by atoms with Crippen LogP contribution in [0, 0.1) is 0 Å². The van der Waals surface area contributed by atoms with Crippen molar-refractivity contribution in [1.82, 2.24) is 4.98 Å². The fourth-order valence-corrected chi connectivity index (χ4v) is 2.22. The van der Waals surface area contributed by atoms with Crippen molar-refractivity contribution < 1.29 is 4.74 Å². The molecule has 0 aliphatic rings. The molecule has 1 N–H and O–H groups in total. The number of rotatable bonds is 5. The van der Waals surface area contributed by atoms with Crippen molar-refractivity contribution in [3.8, 4) is 5.88 Å². The highest BCUT2D eigenvalue weighted by Gasteiger charge is 2.12. The van der Waals surface area contributed by atoms with Gasteiger partial charge in [-0.05, 0) is 50.6 Å². The topological polar surface area (TPSA) is 34.1 Å². The molecule has 21 heavy (non-hydrogen) atoms. The van der Waals surface area contributed by atoms with Gasteiger partial charge in [0.15, 0.2) is 0 Å². The fourth-order valence-electron chi connectivity index (χ4n) is 1.92. The molecule has 0 saturated heterocycles. The first-order valence-electron chi connectivity index (χ1n) is 6.80. The number of hydrogen-bond donors (Lipinski definition) is 1. The predicted molar refractivity (Wildman–Crippen MR) is 88.5 cm³/mol. The summed E-state index contributed by atoms with van der Waals surface area (Å²) in [7, 11) is 0. The predicted octanol–water partition coefficient (Wildman–Crippen LogP) is 5.35. The third-order valence-electron chi connectivity index (χ3n) is 2.93. The summed E-state index contributed by atoms with van der Waals surface area (Å²) < 4.78 is 5.70. The van der Waals surface area contributed by atoms with Gasteiger partial charge in [-0.1, -0.05) is 29.3 Å². The zero-order valence-corrected chi connectivity index (χ0v) is 13.7. The van der Waals surface area contributed by atoms with Crippen molar-refractivity contribution in [1.29, 1.82) is 0 Å². The Bertz CT molecular complexity index is 617. The average Bonchev–Trinajstić information content (AvgIpc) is 2.43. The maximum Gasteiger partial charge on any atom is 0.237 e. The van der Waals surface area contributed by atoms with Crippen molar-refractivity contribution >= 4 is 28.9 Å². The van der Waals surface area contributed by atoms with Crippen LogP contribution in [0.5, 0.6) is 5.88 Å². The SMILES string of the molecule is CC(C)Oc1ncccc1NC(C)c1ccc(Cl)c(Cl)c1. The summed E-state index contributed by atoms with van der Waals surface area (Å²) >= 11 is 12.0. The van der Waals surface area contributed by atoms with Gasteiger partial charge in [0.25, 0.3) is 0 Å². The van der Waals surface area contributed by atoms with Gasteiger partial charge in [0, 0.05) is 12.2 Å². The Kier molecular flexibility index (Phi) is 5.32. The minimum absolute atomic E-state index is 0.0541. The largest absolute Gasteiger partial charge is 0.473 e. The molecule has 0 aliphatic heterocycles. The van der Waals surface area contributed by atoms with E-state index in [1.54, 1.807) is 12.3 Å². The first-order valence-corrected chi connectivity index (χ1v) is 7.56. The van der Waals surface area contributed by atoms with Crippen LogP contribution in [0.1, 0.15) is 32.4 Å². The third-order valence-corrected chi connectivity index (χ3v) is 3.67. The third kappa shape index (κ3) is 4.26. The van der Waals surface area contributed by atoms with Gasteiger partial charge in [-0.3, -0.25) is 0 Å². The van der Waals surface area contributed by atoms with E-state index in [1.807, 2.05) is 45.0 Å². The normalized spacial score (nSPS) is 12.3. The van der Waals surface area contributed by atoms with Crippen molar-refractivity contribution in [3.63, 3.8) is 0 Å². The van der Waals surface area contributed by atoms with Crippen LogP contribution >= 0.6 is 23.2 Å². The molecule has 3 nitrogen and oxygen atoms in total. The molecule has 1 atom stereocenters. The number of ether oxygens (including phenoxy) is 1. The van der Waals surface area contributed by atoms with Gasteiger partial charge in [0.05, 0.1) is 21.8 Å². The molecular weight excluding hydrogens is 307 g/mol. The Labute approximate surface area is 135 Å². The van der Waals surface area contributed by atoms with E-state index >= 15 is 0 Å². The minimum atomic E-state index is 0.0541. The van der Waals surface area contributed by atoms with Gasteiger partial charge in [0.2, 0.25) is 5.88 Å². The van der Waals surface area contributed by atoms with Gasteiger partial charge < -0.3 is 10.1 Å². The lowest BCUT2D eigenvalue weighted by molar-refractivity contribution is 0.234. The van der Waals surface area contributed by atoms with E-state index in [4.69, 9.17) is 27.9 Å². The van der Waals surface area contributed by atoms with E-state index in [0.717, 1.165) is 11.3 Å². The summed E-state index contributed by atoms with van der Waals surface area (Å²) in [6.07, 6.45) is 1.79. The van der Waals surface area contributed by atoms with E-state index in [1.165, 1.54) is 0 Å². The second kappa shape index (κ2) is 7.01. The summed E-state index contributed by atoms with van der Waals surface area (Å²) in [6, 6.07) is 9.48. The van der Waals surface area contributed by atoms with Crippen LogP contribution in [0.15, 0.2) is 36.5 Å². The van der Waals surface area contributed by atoms with Crippen LogP contribution in [0.2, 0.25) is 10.0 Å². The average molecular weight is 325 g/mol. The molecule has 0 amide bonds. The van der Waals surface area contributed by atoms with Crippen LogP contribution in [0.3, 0.4) is 0 Å². The maximum absolute atomic E-state index is 6.06. The molecule has 1 unspecified atom stereocenters. The van der Waals surface area contributed by atoms with Crippen molar-refractivity contribution in [2.75, 3.05) is 5.32 Å². The first kappa shape index (κ1) is 15.9. The number of hydrogen-bond acceptors (Lipinski definition) is 3. The second-order valence-electron chi connectivity index (χ2n) is 5.06. The molecule has 0 aliphatic carbocycles. The van der Waals surface area contributed by atoms with E-state index in [9.17, 15) is 0 Å². The maximum atomic E-state index is 6.06. The quantitative estimate of drug-likeness (QED) is 0.805. The number of nitrogens with zero attached hydrogens (tertiary/aromatic N) is 1. The molecule has 0 fully saturated rings.